The van der Waals surface area contributed by atoms with Crippen molar-refractivity contribution in [3.05, 3.63) is 32.9 Å². The summed E-state index contributed by atoms with van der Waals surface area (Å²) in [6.07, 6.45) is 1.57. The predicted molar refractivity (Wildman–Crippen MR) is 82.6 cm³/mol. The second-order valence-electron chi connectivity index (χ2n) is 4.19. The van der Waals surface area contributed by atoms with Crippen molar-refractivity contribution < 1.29 is 9.53 Å². The maximum atomic E-state index is 11.8. The molecule has 4 nitrogen and oxygen atoms in total. The van der Waals surface area contributed by atoms with Gasteiger partial charge in [-0.2, -0.15) is 5.26 Å². The lowest BCUT2D eigenvalue weighted by atomic mass is 10.1. The van der Waals surface area contributed by atoms with Crippen molar-refractivity contribution in [2.45, 2.75) is 19.9 Å². The number of methoxy groups -OCH3 is 1. The van der Waals surface area contributed by atoms with Crippen LogP contribution in [0.1, 0.15) is 19.4 Å². The average Bonchev–Trinajstić information content (AvgIpc) is 2.35. The molecule has 5 heteroatoms. The minimum absolute atomic E-state index is 0.000235. The number of nitrogens with one attached hydrogen (secondary N) is 1. The lowest BCUT2D eigenvalue weighted by molar-refractivity contribution is -0.117. The van der Waals surface area contributed by atoms with Crippen LogP contribution in [0, 0.1) is 14.9 Å². The molecule has 1 N–H and O–H groups in total. The molecule has 0 aliphatic rings. The van der Waals surface area contributed by atoms with E-state index < -0.39 is 0 Å². The van der Waals surface area contributed by atoms with Gasteiger partial charge < -0.3 is 10.1 Å². The van der Waals surface area contributed by atoms with Crippen molar-refractivity contribution >= 4 is 34.6 Å². The fourth-order valence-corrected chi connectivity index (χ4v) is 2.19. The highest BCUT2D eigenvalue weighted by Crippen LogP contribution is 2.22. The molecular formula is C14H15IN2O2. The molecule has 1 rings (SSSR count). The van der Waals surface area contributed by atoms with Crippen LogP contribution in [0.25, 0.3) is 6.08 Å². The number of hydrogen-bond donors (Lipinski definition) is 1. The first kappa shape index (κ1) is 15.5. The van der Waals surface area contributed by atoms with Crippen molar-refractivity contribution in [2.24, 2.45) is 0 Å². The van der Waals surface area contributed by atoms with Gasteiger partial charge in [-0.1, -0.05) is 6.07 Å². The smallest absolute Gasteiger partial charge is 0.262 e. The topological polar surface area (TPSA) is 62.1 Å². The minimum atomic E-state index is -0.358. The van der Waals surface area contributed by atoms with Gasteiger partial charge in [0.15, 0.2) is 0 Å². The quantitative estimate of drug-likeness (QED) is 0.504. The molecule has 0 aliphatic carbocycles. The number of ether oxygens (including phenoxy) is 1. The lowest BCUT2D eigenvalue weighted by Crippen LogP contribution is -2.30. The van der Waals surface area contributed by atoms with Crippen LogP contribution >= 0.6 is 22.6 Å². The maximum Gasteiger partial charge on any atom is 0.262 e. The first-order chi connectivity index (χ1) is 8.97. The molecule has 0 spiro atoms. The van der Waals surface area contributed by atoms with E-state index in [0.29, 0.717) is 0 Å². The molecular weight excluding hydrogens is 355 g/mol. The molecule has 1 aromatic carbocycles. The van der Waals surface area contributed by atoms with E-state index in [1.54, 1.807) is 19.3 Å². The minimum Gasteiger partial charge on any atom is -0.496 e. The second kappa shape index (κ2) is 7.14. The number of amides is 1. The third-order valence-corrected chi connectivity index (χ3v) is 3.11. The van der Waals surface area contributed by atoms with Gasteiger partial charge in [-0.15, -0.1) is 0 Å². The van der Waals surface area contributed by atoms with Crippen molar-refractivity contribution in [2.75, 3.05) is 7.11 Å². The van der Waals surface area contributed by atoms with E-state index in [-0.39, 0.29) is 17.5 Å². The zero-order valence-electron chi connectivity index (χ0n) is 11.0. The van der Waals surface area contributed by atoms with Crippen LogP contribution in [0.2, 0.25) is 0 Å². The van der Waals surface area contributed by atoms with Crippen LogP contribution in [-0.2, 0) is 4.79 Å². The summed E-state index contributed by atoms with van der Waals surface area (Å²) >= 11 is 2.14. The summed E-state index contributed by atoms with van der Waals surface area (Å²) in [6, 6.07) is 7.39. The SMILES string of the molecule is COc1ccc(/C=C(/C#N)C(=O)NC(C)C)cc1I. The Labute approximate surface area is 126 Å². The number of halogens is 1. The third-order valence-electron chi connectivity index (χ3n) is 2.27. The normalized spacial score (nSPS) is 11.1. The summed E-state index contributed by atoms with van der Waals surface area (Å²) in [5.74, 6) is 0.409. The Morgan fingerprint density at radius 1 is 1.53 bits per heavy atom. The van der Waals surface area contributed by atoms with Gasteiger partial charge in [0.1, 0.15) is 17.4 Å². The molecule has 0 radical (unpaired) electrons. The van der Waals surface area contributed by atoms with Gasteiger partial charge in [-0.25, -0.2) is 0 Å². The fraction of sp³-hybridized carbons (Fsp3) is 0.286. The van der Waals surface area contributed by atoms with Gasteiger partial charge in [0.25, 0.3) is 5.91 Å². The largest absolute Gasteiger partial charge is 0.496 e. The molecule has 0 atom stereocenters. The summed E-state index contributed by atoms with van der Waals surface area (Å²) in [5.41, 5.74) is 0.885. The lowest BCUT2D eigenvalue weighted by Gasteiger charge is -2.07. The van der Waals surface area contributed by atoms with Crippen LogP contribution in [0.4, 0.5) is 0 Å². The molecule has 0 aromatic heterocycles. The van der Waals surface area contributed by atoms with Gasteiger partial charge in [-0.3, -0.25) is 4.79 Å². The van der Waals surface area contributed by atoms with Gasteiger partial charge in [0, 0.05) is 6.04 Å². The molecule has 0 fully saturated rings. The van der Waals surface area contributed by atoms with Crippen LogP contribution in [0.15, 0.2) is 23.8 Å². The zero-order chi connectivity index (χ0) is 14.4. The number of hydrogen-bond acceptors (Lipinski definition) is 3. The van der Waals surface area contributed by atoms with Gasteiger partial charge in [0.2, 0.25) is 0 Å². The molecule has 0 heterocycles. The highest BCUT2D eigenvalue weighted by molar-refractivity contribution is 14.1. The van der Waals surface area contributed by atoms with Gasteiger partial charge >= 0.3 is 0 Å². The highest BCUT2D eigenvalue weighted by Gasteiger charge is 2.10. The van der Waals surface area contributed by atoms with E-state index in [4.69, 9.17) is 10.00 Å². The Bertz CT molecular complexity index is 545. The number of rotatable bonds is 4. The summed E-state index contributed by atoms with van der Waals surface area (Å²) in [5, 5.41) is 11.7. The number of nitriles is 1. The van der Waals surface area contributed by atoms with E-state index in [1.807, 2.05) is 32.0 Å². The van der Waals surface area contributed by atoms with Crippen molar-refractivity contribution in [1.82, 2.24) is 5.32 Å². The summed E-state index contributed by atoms with van der Waals surface area (Å²) in [4.78, 5) is 11.8. The summed E-state index contributed by atoms with van der Waals surface area (Å²) in [6.45, 7) is 3.70. The number of nitrogens with zero attached hydrogens (tertiary/aromatic N) is 1. The second-order valence-corrected chi connectivity index (χ2v) is 5.35. The summed E-state index contributed by atoms with van der Waals surface area (Å²) in [7, 11) is 1.60. The molecule has 0 unspecified atom stereocenters. The predicted octanol–water partition coefficient (Wildman–Crippen LogP) is 2.73. The number of carbonyl (C=O) groups excluding carboxylic acids is 1. The molecule has 0 saturated heterocycles. The van der Waals surface area contributed by atoms with Gasteiger partial charge in [0.05, 0.1) is 10.7 Å². The molecule has 1 aromatic rings. The number of carbonyl (C=O) groups is 1. The number of benzene rings is 1. The molecule has 100 valence electrons. The molecule has 19 heavy (non-hydrogen) atoms. The van der Waals surface area contributed by atoms with Crippen LogP contribution in [0.5, 0.6) is 5.75 Å². The van der Waals surface area contributed by atoms with Crippen LogP contribution in [-0.4, -0.2) is 19.1 Å². The van der Waals surface area contributed by atoms with Crippen molar-refractivity contribution in [3.63, 3.8) is 0 Å². The molecule has 1 amide bonds. The Balaban J connectivity index is 3.02. The van der Waals surface area contributed by atoms with E-state index in [9.17, 15) is 4.79 Å². The van der Waals surface area contributed by atoms with E-state index in [0.717, 1.165) is 14.9 Å². The standard InChI is InChI=1S/C14H15IN2O2/c1-9(2)17-14(18)11(8-16)6-10-4-5-13(19-3)12(15)7-10/h4-7,9H,1-3H3,(H,17,18)/b11-6-. The zero-order valence-corrected chi connectivity index (χ0v) is 13.2. The maximum absolute atomic E-state index is 11.8. The first-order valence-electron chi connectivity index (χ1n) is 5.74. The van der Waals surface area contributed by atoms with E-state index >= 15 is 0 Å². The van der Waals surface area contributed by atoms with Crippen LogP contribution < -0.4 is 10.1 Å². The Morgan fingerprint density at radius 2 is 2.21 bits per heavy atom. The molecule has 0 aliphatic heterocycles. The van der Waals surface area contributed by atoms with E-state index in [1.165, 1.54) is 0 Å². The average molecular weight is 370 g/mol. The van der Waals surface area contributed by atoms with Crippen molar-refractivity contribution in [1.29, 1.82) is 5.26 Å². The Hall–Kier alpha value is -1.55. The first-order valence-corrected chi connectivity index (χ1v) is 6.82. The molecule has 0 bridgehead atoms. The summed E-state index contributed by atoms with van der Waals surface area (Å²) < 4.78 is 6.09. The Kier molecular flexibility index (Phi) is 5.83. The Morgan fingerprint density at radius 3 is 2.68 bits per heavy atom. The van der Waals surface area contributed by atoms with Gasteiger partial charge in [-0.05, 0) is 60.2 Å². The van der Waals surface area contributed by atoms with Crippen LogP contribution in [0.3, 0.4) is 0 Å². The fourth-order valence-electron chi connectivity index (χ4n) is 1.43. The third kappa shape index (κ3) is 4.56. The highest BCUT2D eigenvalue weighted by atomic mass is 127. The molecule has 0 saturated carbocycles. The monoisotopic (exact) mass is 370 g/mol. The van der Waals surface area contributed by atoms with E-state index in [2.05, 4.69) is 27.9 Å². The van der Waals surface area contributed by atoms with Crippen molar-refractivity contribution in [3.8, 4) is 11.8 Å².